The Hall–Kier alpha value is -6.26. The molecule has 248 valence electrons. The van der Waals surface area contributed by atoms with Crippen molar-refractivity contribution in [1.29, 1.82) is 0 Å². The predicted molar refractivity (Wildman–Crippen MR) is 233 cm³/mol. The average Bonchev–Trinajstić information content (AvgIpc) is 3.80. The van der Waals surface area contributed by atoms with Crippen molar-refractivity contribution >= 4 is 102 Å². The summed E-state index contributed by atoms with van der Waals surface area (Å²) in [5, 5.41) is 10.2. The molecule has 0 bridgehead atoms. The Morgan fingerprint density at radius 3 is 1.75 bits per heavy atom. The number of hydrogen-bond donors (Lipinski definition) is 0. The third-order valence-electron chi connectivity index (χ3n) is 10.7. The Morgan fingerprint density at radius 1 is 0.340 bits per heavy atom. The molecule has 3 heteroatoms. The summed E-state index contributed by atoms with van der Waals surface area (Å²) < 4.78 is 5.20. The number of benzene rings is 9. The second-order valence-electron chi connectivity index (χ2n) is 13.7. The van der Waals surface area contributed by atoms with Crippen LogP contribution in [0.3, 0.4) is 0 Å². The summed E-state index contributed by atoms with van der Waals surface area (Å²) in [6.45, 7) is 0. The van der Waals surface area contributed by atoms with E-state index in [4.69, 9.17) is 0 Å². The fourth-order valence-corrected chi connectivity index (χ4v) is 10.5. The molecule has 1 nitrogen and oxygen atoms in total. The summed E-state index contributed by atoms with van der Waals surface area (Å²) in [4.78, 5) is 2.49. The van der Waals surface area contributed by atoms with E-state index in [1.165, 1.54) is 89.8 Å². The van der Waals surface area contributed by atoms with E-state index in [1.54, 1.807) is 0 Å². The van der Waals surface area contributed by atoms with Gasteiger partial charge >= 0.3 is 0 Å². The molecule has 0 amide bonds. The number of thiophene rings is 2. The lowest BCUT2D eigenvalue weighted by Gasteiger charge is -2.27. The second kappa shape index (κ2) is 12.2. The predicted octanol–water partition coefficient (Wildman–Crippen LogP) is 15.5. The van der Waals surface area contributed by atoms with Gasteiger partial charge in [0.1, 0.15) is 0 Å². The summed E-state index contributed by atoms with van der Waals surface area (Å²) in [6.07, 6.45) is 0. The molecule has 9 aromatic carbocycles. The van der Waals surface area contributed by atoms with Gasteiger partial charge in [0, 0.05) is 51.7 Å². The number of hydrogen-bond acceptors (Lipinski definition) is 3. The summed E-state index contributed by atoms with van der Waals surface area (Å²) in [5.74, 6) is 0. The SMILES string of the molecule is c1ccc(-c2ccc(-c3ccc(N(c4ccc5c(c4)sc4ccccc45)c4ccc5ccc6ccccc6c5c4)c4c3sc3ccccc34)cc2)cc1. The van der Waals surface area contributed by atoms with E-state index in [0.717, 1.165) is 11.4 Å². The maximum absolute atomic E-state index is 2.49. The van der Waals surface area contributed by atoms with E-state index in [-0.39, 0.29) is 0 Å². The van der Waals surface area contributed by atoms with Crippen molar-refractivity contribution in [2.75, 3.05) is 4.90 Å². The summed E-state index contributed by atoms with van der Waals surface area (Å²) in [5.41, 5.74) is 8.42. The molecule has 0 aliphatic rings. The Labute approximate surface area is 315 Å². The van der Waals surface area contributed by atoms with Crippen LogP contribution in [-0.2, 0) is 0 Å². The smallest absolute Gasteiger partial charge is 0.0555 e. The summed E-state index contributed by atoms with van der Waals surface area (Å²) >= 11 is 3.76. The Kier molecular flexibility index (Phi) is 6.97. The van der Waals surface area contributed by atoms with Gasteiger partial charge in [-0.2, -0.15) is 0 Å². The van der Waals surface area contributed by atoms with Gasteiger partial charge in [-0.05, 0) is 86.3 Å². The zero-order valence-corrected chi connectivity index (χ0v) is 30.3. The van der Waals surface area contributed by atoms with Crippen molar-refractivity contribution < 1.29 is 0 Å². The topological polar surface area (TPSA) is 3.24 Å². The largest absolute Gasteiger partial charge is 0.310 e. The van der Waals surface area contributed by atoms with Crippen molar-refractivity contribution in [3.05, 3.63) is 188 Å². The van der Waals surface area contributed by atoms with Crippen LogP contribution in [0.2, 0.25) is 0 Å². The first kappa shape index (κ1) is 30.4. The third-order valence-corrected chi connectivity index (χ3v) is 13.0. The molecule has 11 rings (SSSR count). The molecule has 2 aromatic heterocycles. The van der Waals surface area contributed by atoms with E-state index in [0.29, 0.717) is 0 Å². The Morgan fingerprint density at radius 2 is 0.925 bits per heavy atom. The van der Waals surface area contributed by atoms with Gasteiger partial charge < -0.3 is 4.90 Å². The molecule has 0 unspecified atom stereocenters. The average molecular weight is 710 g/mol. The van der Waals surface area contributed by atoms with Crippen LogP contribution < -0.4 is 4.90 Å². The van der Waals surface area contributed by atoms with Crippen LogP contribution in [0.5, 0.6) is 0 Å². The quantitative estimate of drug-likeness (QED) is 0.161. The fraction of sp³-hybridized carbons (Fsp3) is 0. The van der Waals surface area contributed by atoms with Crippen molar-refractivity contribution in [3.63, 3.8) is 0 Å². The molecule has 2 heterocycles. The molecule has 53 heavy (non-hydrogen) atoms. The van der Waals surface area contributed by atoms with Crippen LogP contribution in [0.25, 0.3) is 84.1 Å². The van der Waals surface area contributed by atoms with Crippen molar-refractivity contribution in [3.8, 4) is 22.3 Å². The van der Waals surface area contributed by atoms with Gasteiger partial charge in [-0.3, -0.25) is 0 Å². The third kappa shape index (κ3) is 4.97. The first-order valence-corrected chi connectivity index (χ1v) is 19.6. The maximum Gasteiger partial charge on any atom is 0.0555 e. The first-order chi connectivity index (χ1) is 26.3. The first-order valence-electron chi connectivity index (χ1n) is 18.0. The zero-order valence-electron chi connectivity index (χ0n) is 28.7. The number of fused-ring (bicyclic) bond motifs is 9. The molecule has 0 saturated heterocycles. The molecular weight excluding hydrogens is 679 g/mol. The minimum absolute atomic E-state index is 1.14. The van der Waals surface area contributed by atoms with Crippen molar-refractivity contribution in [2.45, 2.75) is 0 Å². The molecule has 11 aromatic rings. The van der Waals surface area contributed by atoms with E-state index in [9.17, 15) is 0 Å². The highest BCUT2D eigenvalue weighted by atomic mass is 32.1. The van der Waals surface area contributed by atoms with E-state index >= 15 is 0 Å². The van der Waals surface area contributed by atoms with E-state index in [1.807, 2.05) is 22.7 Å². The molecule has 0 aliphatic carbocycles. The maximum atomic E-state index is 2.49. The van der Waals surface area contributed by atoms with Crippen molar-refractivity contribution in [1.82, 2.24) is 0 Å². The summed E-state index contributed by atoms with van der Waals surface area (Å²) in [7, 11) is 0. The number of nitrogens with zero attached hydrogens (tertiary/aromatic N) is 1. The van der Waals surface area contributed by atoms with Gasteiger partial charge in [-0.15, -0.1) is 22.7 Å². The number of rotatable bonds is 5. The molecule has 0 spiro atoms. The Bertz CT molecular complexity index is 3170. The van der Waals surface area contributed by atoms with Gasteiger partial charge in [0.2, 0.25) is 0 Å². The van der Waals surface area contributed by atoms with Gasteiger partial charge in [0.05, 0.1) is 5.69 Å². The highest BCUT2D eigenvalue weighted by molar-refractivity contribution is 7.26. The van der Waals surface area contributed by atoms with Gasteiger partial charge in [0.25, 0.3) is 0 Å². The van der Waals surface area contributed by atoms with Crippen LogP contribution in [-0.4, -0.2) is 0 Å². The molecular formula is C50H31NS2. The standard InChI is InChI=1S/C50H31NS2/c1-2-10-32(11-3-1)33-18-20-35(21-19-33)40-28-29-45(49-43-15-7-9-17-47(43)53-50(40)49)51(38-26-27-42-41-14-6-8-16-46(41)52-48(42)31-38)37-25-24-36-23-22-34-12-4-5-13-39(34)44(36)30-37/h1-31H. The molecule has 0 atom stereocenters. The molecule has 0 saturated carbocycles. The molecule has 0 fully saturated rings. The van der Waals surface area contributed by atoms with Gasteiger partial charge in [0.15, 0.2) is 0 Å². The normalized spacial score (nSPS) is 11.8. The highest BCUT2D eigenvalue weighted by Crippen LogP contribution is 2.49. The van der Waals surface area contributed by atoms with Crippen LogP contribution >= 0.6 is 22.7 Å². The lowest BCUT2D eigenvalue weighted by Crippen LogP contribution is -2.10. The van der Waals surface area contributed by atoms with Gasteiger partial charge in [-0.25, -0.2) is 0 Å². The van der Waals surface area contributed by atoms with E-state index in [2.05, 4.69) is 193 Å². The molecule has 0 radical (unpaired) electrons. The lowest BCUT2D eigenvalue weighted by molar-refractivity contribution is 1.31. The monoisotopic (exact) mass is 709 g/mol. The second-order valence-corrected chi connectivity index (χ2v) is 15.8. The van der Waals surface area contributed by atoms with Crippen LogP contribution in [0.4, 0.5) is 17.1 Å². The van der Waals surface area contributed by atoms with E-state index < -0.39 is 0 Å². The number of anilines is 3. The molecule has 0 N–H and O–H groups in total. The van der Waals surface area contributed by atoms with Crippen LogP contribution in [0.15, 0.2) is 188 Å². The highest BCUT2D eigenvalue weighted by Gasteiger charge is 2.22. The zero-order chi connectivity index (χ0) is 34.9. The molecule has 0 aliphatic heterocycles. The summed E-state index contributed by atoms with van der Waals surface area (Å²) in [6, 6.07) is 69.2. The van der Waals surface area contributed by atoms with Crippen LogP contribution in [0.1, 0.15) is 0 Å². The van der Waals surface area contributed by atoms with Crippen molar-refractivity contribution in [2.24, 2.45) is 0 Å². The minimum atomic E-state index is 1.14. The lowest BCUT2D eigenvalue weighted by atomic mass is 9.97. The minimum Gasteiger partial charge on any atom is -0.310 e. The van der Waals surface area contributed by atoms with Gasteiger partial charge in [-0.1, -0.05) is 146 Å². The van der Waals surface area contributed by atoms with Crippen LogP contribution in [0, 0.1) is 0 Å². The fourth-order valence-electron chi connectivity index (χ4n) is 8.11. The Balaban J connectivity index is 1.17.